The highest BCUT2D eigenvalue weighted by Gasteiger charge is 2.24. The fraction of sp³-hybridized carbons (Fsp3) is 0.857. The molecule has 2 heteroatoms. The average Bonchev–Trinajstić information content (AvgIpc) is 1.78. The van der Waals surface area contributed by atoms with Gasteiger partial charge in [-0.3, -0.25) is 0 Å². The molecule has 1 fully saturated rings. The molecular formula is C7H15NO. The molecule has 1 heterocycles. The zero-order chi connectivity index (χ0) is 6.69. The lowest BCUT2D eigenvalue weighted by Crippen LogP contribution is -3.17. The smallest absolute Gasteiger partial charge is 0.150 e. The van der Waals surface area contributed by atoms with Gasteiger partial charge in [0.25, 0.3) is 0 Å². The van der Waals surface area contributed by atoms with Gasteiger partial charge in [-0.15, -0.1) is 0 Å². The van der Waals surface area contributed by atoms with E-state index in [9.17, 15) is 0 Å². The monoisotopic (exact) mass is 129 g/mol. The van der Waals surface area contributed by atoms with E-state index >= 15 is 0 Å². The van der Waals surface area contributed by atoms with E-state index in [-0.39, 0.29) is 0 Å². The zero-order valence-electron chi connectivity index (χ0n) is 6.02. The third-order valence-corrected chi connectivity index (χ3v) is 1.59. The first kappa shape index (κ1) is 7.03. The number of likely N-dealkylation sites (tertiary alicyclic amines) is 1. The highest BCUT2D eigenvalue weighted by atomic mass is 16.5. The summed E-state index contributed by atoms with van der Waals surface area (Å²) in [6.07, 6.45) is 1.64. The Morgan fingerprint density at radius 1 is 1.67 bits per heavy atom. The van der Waals surface area contributed by atoms with Gasteiger partial charge < -0.3 is 9.64 Å². The van der Waals surface area contributed by atoms with Crippen LogP contribution in [0.1, 0.15) is 13.3 Å². The summed E-state index contributed by atoms with van der Waals surface area (Å²) in [6, 6.07) is 0. The highest BCUT2D eigenvalue weighted by Crippen LogP contribution is 1.93. The normalized spacial score (nSPS) is 34.0. The highest BCUT2D eigenvalue weighted by molar-refractivity contribution is 4.61. The van der Waals surface area contributed by atoms with Crippen LogP contribution in [0.15, 0.2) is 0 Å². The zero-order valence-corrected chi connectivity index (χ0v) is 6.02. The van der Waals surface area contributed by atoms with Gasteiger partial charge in [0.2, 0.25) is 0 Å². The summed E-state index contributed by atoms with van der Waals surface area (Å²) in [5.74, 6) is 0. The minimum Gasteiger partial charge on any atom is -0.463 e. The van der Waals surface area contributed by atoms with Gasteiger partial charge in [0.1, 0.15) is 0 Å². The number of ether oxygens (including phenoxy) is 1. The Bertz CT molecular complexity index is 79.0. The first-order chi connectivity index (χ1) is 4.33. The quantitative estimate of drug-likeness (QED) is 0.506. The molecule has 1 aliphatic rings. The van der Waals surface area contributed by atoms with E-state index in [4.69, 9.17) is 4.74 Å². The van der Waals surface area contributed by atoms with Crippen molar-refractivity contribution in [3.63, 3.8) is 0 Å². The van der Waals surface area contributed by atoms with E-state index in [1.165, 1.54) is 4.90 Å². The first-order valence-electron chi connectivity index (χ1n) is 3.61. The van der Waals surface area contributed by atoms with Gasteiger partial charge in [-0.2, -0.15) is 7.05 Å². The van der Waals surface area contributed by atoms with Crippen LogP contribution in [-0.2, 0) is 4.74 Å². The summed E-state index contributed by atoms with van der Waals surface area (Å²) in [4.78, 5) is 1.34. The van der Waals surface area contributed by atoms with Gasteiger partial charge in [0.15, 0.2) is 6.10 Å². The maximum atomic E-state index is 5.44. The predicted molar refractivity (Wildman–Crippen MR) is 36.1 cm³/mol. The molecule has 0 aliphatic carbocycles. The lowest BCUT2D eigenvalue weighted by molar-refractivity contribution is -0.906. The van der Waals surface area contributed by atoms with Crippen molar-refractivity contribution in [1.29, 1.82) is 0 Å². The molecule has 1 aliphatic heterocycles. The molecule has 1 rings (SSSR count). The Labute approximate surface area is 56.8 Å². The Kier molecular flexibility index (Phi) is 2.49. The topological polar surface area (TPSA) is 13.7 Å². The molecule has 0 aromatic heterocycles. The van der Waals surface area contributed by atoms with Gasteiger partial charge in [0.05, 0.1) is 13.1 Å². The summed E-state index contributed by atoms with van der Waals surface area (Å²) in [6.45, 7) is 5.24. The Hall–Kier alpha value is -0.0800. The predicted octanol–water partition coefficient (Wildman–Crippen LogP) is -0.528. The molecule has 0 radical (unpaired) electrons. The summed E-state index contributed by atoms with van der Waals surface area (Å²) >= 11 is 0. The molecule has 0 saturated carbocycles. The van der Waals surface area contributed by atoms with Crippen molar-refractivity contribution in [1.82, 2.24) is 0 Å². The van der Waals surface area contributed by atoms with Gasteiger partial charge in [-0.25, -0.2) is 0 Å². The first-order valence-corrected chi connectivity index (χ1v) is 3.61. The van der Waals surface area contributed by atoms with Gasteiger partial charge in [-0.05, 0) is 6.42 Å². The summed E-state index contributed by atoms with van der Waals surface area (Å²) in [5.41, 5.74) is 0. The molecule has 0 unspecified atom stereocenters. The second-order valence-corrected chi connectivity index (χ2v) is 2.65. The van der Waals surface area contributed by atoms with Crippen molar-refractivity contribution >= 4 is 0 Å². The van der Waals surface area contributed by atoms with Crippen molar-refractivity contribution in [2.75, 3.05) is 19.7 Å². The number of nitrogens with one attached hydrogen (secondary N) is 1. The van der Waals surface area contributed by atoms with Crippen LogP contribution in [0.2, 0.25) is 0 Å². The van der Waals surface area contributed by atoms with Crippen LogP contribution in [0.25, 0.3) is 0 Å². The Balaban J connectivity index is 1.91. The number of hydrogen-bond donors (Lipinski definition) is 1. The molecule has 0 bridgehead atoms. The summed E-state index contributed by atoms with van der Waals surface area (Å²) in [5, 5.41) is 0. The number of quaternary nitrogens is 1. The van der Waals surface area contributed by atoms with E-state index < -0.39 is 0 Å². The maximum Gasteiger partial charge on any atom is 0.150 e. The summed E-state index contributed by atoms with van der Waals surface area (Å²) in [7, 11) is 3.84. The van der Waals surface area contributed by atoms with Crippen molar-refractivity contribution in [2.45, 2.75) is 19.4 Å². The molecular weight excluding hydrogens is 114 g/mol. The SMILES string of the molecule is [CH2-][NH+]1CC(OCCC)C1. The molecule has 0 aromatic rings. The number of rotatable bonds is 3. The fourth-order valence-electron chi connectivity index (χ4n) is 0.987. The molecule has 0 atom stereocenters. The minimum atomic E-state index is 0.512. The van der Waals surface area contributed by atoms with Gasteiger partial charge >= 0.3 is 0 Å². The molecule has 2 nitrogen and oxygen atoms in total. The molecule has 0 amide bonds. The molecule has 0 aromatic carbocycles. The van der Waals surface area contributed by atoms with Crippen LogP contribution in [0.4, 0.5) is 0 Å². The van der Waals surface area contributed by atoms with Crippen LogP contribution >= 0.6 is 0 Å². The van der Waals surface area contributed by atoms with Gasteiger partial charge in [-0.1, -0.05) is 6.92 Å². The Morgan fingerprint density at radius 2 is 2.33 bits per heavy atom. The number of hydrogen-bond acceptors (Lipinski definition) is 1. The lowest BCUT2D eigenvalue weighted by atomic mass is 10.2. The lowest BCUT2D eigenvalue weighted by Gasteiger charge is -2.37. The van der Waals surface area contributed by atoms with E-state index in [2.05, 4.69) is 14.0 Å². The largest absolute Gasteiger partial charge is 0.463 e. The molecule has 1 saturated heterocycles. The van der Waals surface area contributed by atoms with Crippen LogP contribution in [0, 0.1) is 7.05 Å². The van der Waals surface area contributed by atoms with E-state index in [1.54, 1.807) is 0 Å². The standard InChI is InChI=1S/C7H15NO/c1-3-4-9-7-5-8(2)6-7/h7-8H,2-6H2,1H3. The van der Waals surface area contributed by atoms with Crippen LogP contribution in [-0.4, -0.2) is 25.8 Å². The molecule has 54 valence electrons. The molecule has 0 spiro atoms. The summed E-state index contributed by atoms with van der Waals surface area (Å²) < 4.78 is 5.44. The van der Waals surface area contributed by atoms with Gasteiger partial charge in [0, 0.05) is 6.61 Å². The van der Waals surface area contributed by atoms with Crippen LogP contribution in [0.3, 0.4) is 0 Å². The third kappa shape index (κ3) is 1.95. The van der Waals surface area contributed by atoms with Crippen molar-refractivity contribution in [3.8, 4) is 0 Å². The maximum absolute atomic E-state index is 5.44. The van der Waals surface area contributed by atoms with Crippen molar-refractivity contribution < 1.29 is 9.64 Å². The second-order valence-electron chi connectivity index (χ2n) is 2.65. The van der Waals surface area contributed by atoms with Crippen molar-refractivity contribution in [2.24, 2.45) is 0 Å². The Morgan fingerprint density at radius 3 is 2.78 bits per heavy atom. The van der Waals surface area contributed by atoms with E-state index in [0.29, 0.717) is 6.10 Å². The van der Waals surface area contributed by atoms with E-state index in [1.807, 2.05) is 0 Å². The molecule has 1 N–H and O–H groups in total. The minimum absolute atomic E-state index is 0.512. The average molecular weight is 129 g/mol. The second kappa shape index (κ2) is 3.18. The van der Waals surface area contributed by atoms with Crippen LogP contribution in [0.5, 0.6) is 0 Å². The molecule has 9 heavy (non-hydrogen) atoms. The van der Waals surface area contributed by atoms with Crippen LogP contribution < -0.4 is 4.90 Å². The fourth-order valence-corrected chi connectivity index (χ4v) is 0.987. The van der Waals surface area contributed by atoms with Crippen molar-refractivity contribution in [3.05, 3.63) is 7.05 Å². The third-order valence-electron chi connectivity index (χ3n) is 1.59. The van der Waals surface area contributed by atoms with E-state index in [0.717, 1.165) is 26.1 Å².